The number of ether oxygens (including phenoxy) is 2. The Hall–Kier alpha value is -1.52. The minimum atomic E-state index is -0.109. The molecule has 0 radical (unpaired) electrons. The molecule has 1 atom stereocenters. The average molecular weight is 281 g/mol. The van der Waals surface area contributed by atoms with Crippen LogP contribution in [0.3, 0.4) is 0 Å². The maximum atomic E-state index is 12.3. The average Bonchev–Trinajstić information content (AvgIpc) is 3.05. The molecule has 1 aromatic heterocycles. The summed E-state index contributed by atoms with van der Waals surface area (Å²) in [4.78, 5) is 12.3. The first kappa shape index (κ1) is 12.5. The van der Waals surface area contributed by atoms with E-state index in [0.717, 1.165) is 11.8 Å². The van der Waals surface area contributed by atoms with Crippen molar-refractivity contribution >= 4 is 28.4 Å². The summed E-state index contributed by atoms with van der Waals surface area (Å²) in [5, 5.41) is 1.32. The predicted octanol–water partition coefficient (Wildman–Crippen LogP) is 3.31. The van der Waals surface area contributed by atoms with Crippen molar-refractivity contribution in [2.45, 2.75) is 6.42 Å². The van der Waals surface area contributed by atoms with Gasteiger partial charge < -0.3 is 13.9 Å². The molecule has 5 heteroatoms. The first-order valence-electron chi connectivity index (χ1n) is 6.08. The Morgan fingerprint density at radius 3 is 2.95 bits per heavy atom. The number of fused-ring (bicyclic) bond motifs is 1. The summed E-state index contributed by atoms with van der Waals surface area (Å²) in [5.41, 5.74) is 0.550. The quantitative estimate of drug-likeness (QED) is 0.809. The van der Waals surface area contributed by atoms with Gasteiger partial charge in [-0.1, -0.05) is 11.6 Å². The van der Waals surface area contributed by atoms with Gasteiger partial charge in [0.1, 0.15) is 0 Å². The number of carbonyl (C=O) groups is 1. The lowest BCUT2D eigenvalue weighted by atomic mass is 10.0. The molecule has 0 N–H and O–H groups in total. The van der Waals surface area contributed by atoms with E-state index in [-0.39, 0.29) is 11.7 Å². The standard InChI is InChI=1S/C14H13ClO4/c1-17-12-6-10(15)4-9-5-11(19-14(9)12)13(16)8-2-3-18-7-8/h4-6,8H,2-3,7H2,1H3. The Morgan fingerprint density at radius 1 is 1.42 bits per heavy atom. The van der Waals surface area contributed by atoms with Crippen LogP contribution in [0.2, 0.25) is 5.02 Å². The highest BCUT2D eigenvalue weighted by Gasteiger charge is 2.27. The van der Waals surface area contributed by atoms with Gasteiger partial charge >= 0.3 is 0 Å². The molecule has 0 saturated carbocycles. The van der Waals surface area contributed by atoms with Gasteiger partial charge in [-0.05, 0) is 18.6 Å². The second-order valence-corrected chi connectivity index (χ2v) is 5.00. The number of furan rings is 1. The monoisotopic (exact) mass is 280 g/mol. The molecule has 2 aromatic rings. The number of halogens is 1. The maximum Gasteiger partial charge on any atom is 0.203 e. The van der Waals surface area contributed by atoms with Crippen LogP contribution in [0.25, 0.3) is 11.0 Å². The molecule has 2 heterocycles. The van der Waals surface area contributed by atoms with Crippen LogP contribution in [0.15, 0.2) is 22.6 Å². The van der Waals surface area contributed by atoms with Gasteiger partial charge in [0.15, 0.2) is 17.1 Å². The Kier molecular flexibility index (Phi) is 3.21. The highest BCUT2D eigenvalue weighted by Crippen LogP contribution is 2.33. The Labute approximate surface area is 115 Å². The van der Waals surface area contributed by atoms with E-state index in [1.54, 1.807) is 25.3 Å². The zero-order valence-corrected chi connectivity index (χ0v) is 11.2. The minimum absolute atomic E-state index is 0.0214. The molecule has 1 fully saturated rings. The molecular weight excluding hydrogens is 268 g/mol. The van der Waals surface area contributed by atoms with Gasteiger partial charge in [0.25, 0.3) is 0 Å². The van der Waals surface area contributed by atoms with Crippen molar-refractivity contribution in [1.29, 1.82) is 0 Å². The molecule has 1 aliphatic rings. The van der Waals surface area contributed by atoms with Crippen molar-refractivity contribution in [3.63, 3.8) is 0 Å². The number of Topliss-reactive ketones (excluding diaryl/α,β-unsaturated/α-hetero) is 1. The summed E-state index contributed by atoms with van der Waals surface area (Å²) < 4.78 is 16.1. The van der Waals surface area contributed by atoms with Gasteiger partial charge in [0, 0.05) is 23.1 Å². The summed E-state index contributed by atoms with van der Waals surface area (Å²) >= 11 is 5.99. The van der Waals surface area contributed by atoms with E-state index in [9.17, 15) is 4.79 Å². The second kappa shape index (κ2) is 4.87. The van der Waals surface area contributed by atoms with E-state index in [0.29, 0.717) is 35.3 Å². The molecule has 0 bridgehead atoms. The van der Waals surface area contributed by atoms with Gasteiger partial charge in [-0.2, -0.15) is 0 Å². The van der Waals surface area contributed by atoms with Gasteiger partial charge in [-0.15, -0.1) is 0 Å². The van der Waals surface area contributed by atoms with Crippen LogP contribution in [-0.2, 0) is 4.74 Å². The third-order valence-corrected chi connectivity index (χ3v) is 3.53. The van der Waals surface area contributed by atoms with Gasteiger partial charge in [-0.3, -0.25) is 4.79 Å². The van der Waals surface area contributed by atoms with Crippen molar-refractivity contribution in [3.8, 4) is 5.75 Å². The van der Waals surface area contributed by atoms with Crippen LogP contribution in [-0.4, -0.2) is 26.1 Å². The van der Waals surface area contributed by atoms with Crippen LogP contribution in [0.5, 0.6) is 5.75 Å². The molecule has 1 aromatic carbocycles. The highest BCUT2D eigenvalue weighted by atomic mass is 35.5. The van der Waals surface area contributed by atoms with Gasteiger partial charge in [0.2, 0.25) is 5.78 Å². The number of hydrogen-bond donors (Lipinski definition) is 0. The number of carbonyl (C=O) groups excluding carboxylic acids is 1. The molecule has 0 amide bonds. The number of hydrogen-bond acceptors (Lipinski definition) is 4. The van der Waals surface area contributed by atoms with Crippen LogP contribution in [0.1, 0.15) is 17.0 Å². The first-order valence-corrected chi connectivity index (χ1v) is 6.46. The van der Waals surface area contributed by atoms with Crippen LogP contribution < -0.4 is 4.74 Å². The summed E-state index contributed by atoms with van der Waals surface area (Å²) in [6, 6.07) is 5.13. The van der Waals surface area contributed by atoms with Crippen LogP contribution in [0, 0.1) is 5.92 Å². The molecule has 0 spiro atoms. The number of rotatable bonds is 3. The highest BCUT2D eigenvalue weighted by molar-refractivity contribution is 6.31. The van der Waals surface area contributed by atoms with E-state index < -0.39 is 0 Å². The van der Waals surface area contributed by atoms with Crippen molar-refractivity contribution in [2.24, 2.45) is 5.92 Å². The molecule has 3 rings (SSSR count). The predicted molar refractivity (Wildman–Crippen MR) is 71.0 cm³/mol. The van der Waals surface area contributed by atoms with Crippen molar-refractivity contribution in [3.05, 3.63) is 29.0 Å². The van der Waals surface area contributed by atoms with Crippen LogP contribution >= 0.6 is 11.6 Å². The van der Waals surface area contributed by atoms with E-state index in [1.807, 2.05) is 0 Å². The zero-order valence-electron chi connectivity index (χ0n) is 10.4. The second-order valence-electron chi connectivity index (χ2n) is 4.56. The topological polar surface area (TPSA) is 48.7 Å². The zero-order chi connectivity index (χ0) is 13.4. The molecule has 1 aliphatic heterocycles. The third kappa shape index (κ3) is 2.22. The minimum Gasteiger partial charge on any atom is -0.493 e. The summed E-state index contributed by atoms with van der Waals surface area (Å²) in [5.74, 6) is 0.740. The Bertz CT molecular complexity index is 626. The fraction of sp³-hybridized carbons (Fsp3) is 0.357. The molecule has 100 valence electrons. The van der Waals surface area contributed by atoms with E-state index in [1.165, 1.54) is 0 Å². The van der Waals surface area contributed by atoms with E-state index >= 15 is 0 Å². The smallest absolute Gasteiger partial charge is 0.203 e. The molecular formula is C14H13ClO4. The summed E-state index contributed by atoms with van der Waals surface area (Å²) in [6.07, 6.45) is 0.744. The van der Waals surface area contributed by atoms with Crippen molar-refractivity contribution in [1.82, 2.24) is 0 Å². The van der Waals surface area contributed by atoms with Crippen molar-refractivity contribution < 1.29 is 18.7 Å². The van der Waals surface area contributed by atoms with E-state index in [4.69, 9.17) is 25.5 Å². The largest absolute Gasteiger partial charge is 0.493 e. The normalized spacial score (nSPS) is 18.9. The number of benzene rings is 1. The molecule has 19 heavy (non-hydrogen) atoms. The maximum absolute atomic E-state index is 12.3. The number of ketones is 1. The number of methoxy groups -OCH3 is 1. The Morgan fingerprint density at radius 2 is 2.26 bits per heavy atom. The molecule has 0 aliphatic carbocycles. The SMILES string of the molecule is COc1cc(Cl)cc2cc(C(=O)C3CCOC3)oc12. The molecule has 4 nitrogen and oxygen atoms in total. The lowest BCUT2D eigenvalue weighted by molar-refractivity contribution is 0.0874. The van der Waals surface area contributed by atoms with Gasteiger partial charge in [-0.25, -0.2) is 0 Å². The van der Waals surface area contributed by atoms with Gasteiger partial charge in [0.05, 0.1) is 19.6 Å². The fourth-order valence-corrected chi connectivity index (χ4v) is 2.52. The summed E-state index contributed by atoms with van der Waals surface area (Å²) in [7, 11) is 1.54. The van der Waals surface area contributed by atoms with E-state index in [2.05, 4.69) is 0 Å². The molecule has 1 unspecified atom stereocenters. The lowest BCUT2D eigenvalue weighted by Gasteiger charge is -2.02. The third-order valence-electron chi connectivity index (χ3n) is 3.31. The first-order chi connectivity index (χ1) is 9.19. The Balaban J connectivity index is 2.03. The van der Waals surface area contributed by atoms with Crippen LogP contribution in [0.4, 0.5) is 0 Å². The molecule has 1 saturated heterocycles. The lowest BCUT2D eigenvalue weighted by Crippen LogP contribution is -2.13. The fourth-order valence-electron chi connectivity index (χ4n) is 2.30. The summed E-state index contributed by atoms with van der Waals surface area (Å²) in [6.45, 7) is 1.10. The van der Waals surface area contributed by atoms with Crippen molar-refractivity contribution in [2.75, 3.05) is 20.3 Å².